The summed E-state index contributed by atoms with van der Waals surface area (Å²) in [4.78, 5) is 34.2. The molecule has 1 amide bonds. The van der Waals surface area contributed by atoms with E-state index in [9.17, 15) is 14.7 Å². The van der Waals surface area contributed by atoms with Gasteiger partial charge in [-0.2, -0.15) is 0 Å². The van der Waals surface area contributed by atoms with E-state index in [2.05, 4.69) is 20.6 Å². The zero-order chi connectivity index (χ0) is 23.8. The highest BCUT2D eigenvalue weighted by Crippen LogP contribution is 2.31. The molecule has 8 heteroatoms. The number of esters is 1. The molecule has 1 saturated heterocycles. The molecule has 1 aliphatic heterocycles. The Labute approximate surface area is 198 Å². The molecule has 1 fully saturated rings. The van der Waals surface area contributed by atoms with Crippen LogP contribution in [0.3, 0.4) is 0 Å². The third-order valence-electron chi connectivity index (χ3n) is 6.09. The lowest BCUT2D eigenvalue weighted by Gasteiger charge is -2.28. The Balaban J connectivity index is 1.47. The van der Waals surface area contributed by atoms with E-state index in [-0.39, 0.29) is 18.6 Å². The minimum Gasteiger partial charge on any atom is -0.463 e. The molecular formula is C26H28N4O4. The minimum absolute atomic E-state index is 0.0130. The van der Waals surface area contributed by atoms with Crippen molar-refractivity contribution in [3.8, 4) is 0 Å². The van der Waals surface area contributed by atoms with Gasteiger partial charge in [0.2, 0.25) is 11.5 Å². The number of amides is 1. The number of ether oxygens (including phenoxy) is 1. The number of hydrogen-bond donors (Lipinski definition) is 3. The summed E-state index contributed by atoms with van der Waals surface area (Å²) in [5.74, 6) is -0.982. The van der Waals surface area contributed by atoms with Gasteiger partial charge in [-0.15, -0.1) is 0 Å². The lowest BCUT2D eigenvalue weighted by atomic mass is 9.86. The first-order chi connectivity index (χ1) is 16.6. The van der Waals surface area contributed by atoms with Crippen molar-refractivity contribution in [2.45, 2.75) is 30.9 Å². The predicted octanol–water partition coefficient (Wildman–Crippen LogP) is 2.65. The first kappa shape index (κ1) is 23.5. The maximum atomic E-state index is 13.2. The average Bonchev–Trinajstić information content (AvgIpc) is 3.42. The molecule has 0 spiro atoms. The molecule has 3 N–H and O–H groups in total. The molecule has 2 aromatic carbocycles. The monoisotopic (exact) mass is 460 g/mol. The summed E-state index contributed by atoms with van der Waals surface area (Å²) in [6, 6.07) is 19.0. The lowest BCUT2D eigenvalue weighted by Crippen LogP contribution is -2.41. The molecule has 1 aliphatic rings. The number of nitrogens with zero attached hydrogens (tertiary/aromatic N) is 2. The van der Waals surface area contributed by atoms with Gasteiger partial charge in [-0.1, -0.05) is 60.7 Å². The van der Waals surface area contributed by atoms with Crippen molar-refractivity contribution in [3.63, 3.8) is 0 Å². The van der Waals surface area contributed by atoms with Gasteiger partial charge in [-0.05, 0) is 43.0 Å². The summed E-state index contributed by atoms with van der Waals surface area (Å²) in [6.45, 7) is 0.824. The van der Waals surface area contributed by atoms with Gasteiger partial charge in [-0.3, -0.25) is 4.79 Å². The molecule has 0 radical (unpaired) electrons. The van der Waals surface area contributed by atoms with Gasteiger partial charge < -0.3 is 20.5 Å². The minimum atomic E-state index is -1.95. The maximum absolute atomic E-state index is 13.2. The molecule has 0 aliphatic carbocycles. The van der Waals surface area contributed by atoms with Crippen LogP contribution in [0, 0.1) is 5.92 Å². The molecule has 3 aromatic rings. The molecule has 1 aromatic heterocycles. The number of aliphatic hydroxyl groups is 1. The quantitative estimate of drug-likeness (QED) is 0.421. The third kappa shape index (κ3) is 5.30. The SMILES string of the molecule is O=C(Nc1ccncn1)C(CCOC(=O)C(O)(c1ccccc1)c1ccccc1)[C@H]1CCCN1. The van der Waals surface area contributed by atoms with Crippen LogP contribution in [0.5, 0.6) is 0 Å². The number of benzene rings is 2. The van der Waals surface area contributed by atoms with E-state index in [1.807, 2.05) is 12.1 Å². The summed E-state index contributed by atoms with van der Waals surface area (Å²) in [5.41, 5.74) is -1.12. The number of hydrogen-bond acceptors (Lipinski definition) is 7. The molecule has 2 heterocycles. The van der Waals surface area contributed by atoms with Crippen molar-refractivity contribution in [2.24, 2.45) is 5.92 Å². The van der Waals surface area contributed by atoms with Crippen LogP contribution in [0.15, 0.2) is 79.3 Å². The second kappa shape index (κ2) is 11.0. The van der Waals surface area contributed by atoms with Crippen molar-refractivity contribution in [3.05, 3.63) is 90.4 Å². The number of carbonyl (C=O) groups is 2. The molecule has 8 nitrogen and oxygen atoms in total. The second-order valence-electron chi connectivity index (χ2n) is 8.26. The van der Waals surface area contributed by atoms with E-state index in [1.54, 1.807) is 60.8 Å². The standard InChI is InChI=1S/C26H28N4O4/c31-24(30-23-13-16-27-18-29-23)21(22-12-7-15-28-22)14-17-34-25(32)26(33,19-8-3-1-4-9-19)20-10-5-2-6-11-20/h1-6,8-11,13,16,18,21-22,28,33H,7,12,14-15,17H2,(H,27,29,30,31)/t21?,22-/m1/s1. The highest BCUT2D eigenvalue weighted by molar-refractivity contribution is 5.92. The predicted molar refractivity (Wildman–Crippen MR) is 127 cm³/mol. The van der Waals surface area contributed by atoms with Crippen LogP contribution in [-0.2, 0) is 19.9 Å². The van der Waals surface area contributed by atoms with Gasteiger partial charge in [0.25, 0.3) is 0 Å². The molecule has 0 saturated carbocycles. The van der Waals surface area contributed by atoms with E-state index in [0.717, 1.165) is 19.4 Å². The van der Waals surface area contributed by atoms with Crippen LogP contribution in [0.4, 0.5) is 5.82 Å². The summed E-state index contributed by atoms with van der Waals surface area (Å²) < 4.78 is 5.58. The Kier molecular flexibility index (Phi) is 7.61. The fourth-order valence-corrected chi connectivity index (χ4v) is 4.30. The highest BCUT2D eigenvalue weighted by Gasteiger charge is 2.42. The largest absolute Gasteiger partial charge is 0.463 e. The van der Waals surface area contributed by atoms with E-state index in [0.29, 0.717) is 23.4 Å². The van der Waals surface area contributed by atoms with E-state index in [1.165, 1.54) is 6.33 Å². The van der Waals surface area contributed by atoms with Crippen LogP contribution in [0.25, 0.3) is 0 Å². The summed E-state index contributed by atoms with van der Waals surface area (Å²) in [7, 11) is 0. The Morgan fingerprint density at radius 1 is 1.09 bits per heavy atom. The fraction of sp³-hybridized carbons (Fsp3) is 0.308. The van der Waals surface area contributed by atoms with Crippen molar-refractivity contribution < 1.29 is 19.4 Å². The van der Waals surface area contributed by atoms with Gasteiger partial charge in [0.05, 0.1) is 12.5 Å². The van der Waals surface area contributed by atoms with Crippen LogP contribution in [-0.4, -0.2) is 46.1 Å². The topological polar surface area (TPSA) is 113 Å². The Morgan fingerprint density at radius 3 is 2.32 bits per heavy atom. The Bertz CT molecular complexity index is 1030. The molecule has 1 unspecified atom stereocenters. The summed E-state index contributed by atoms with van der Waals surface area (Å²) in [5, 5.41) is 17.7. The highest BCUT2D eigenvalue weighted by atomic mass is 16.5. The second-order valence-corrected chi connectivity index (χ2v) is 8.26. The van der Waals surface area contributed by atoms with Crippen LogP contribution in [0.1, 0.15) is 30.4 Å². The number of nitrogens with one attached hydrogen (secondary N) is 2. The Hall–Kier alpha value is -3.62. The maximum Gasteiger partial charge on any atom is 0.347 e. The van der Waals surface area contributed by atoms with Crippen molar-refractivity contribution in [2.75, 3.05) is 18.5 Å². The molecule has 34 heavy (non-hydrogen) atoms. The molecule has 0 bridgehead atoms. The normalized spacial score (nSPS) is 16.6. The summed E-state index contributed by atoms with van der Waals surface area (Å²) >= 11 is 0. The molecule has 4 rings (SSSR count). The van der Waals surface area contributed by atoms with Crippen LogP contribution < -0.4 is 10.6 Å². The first-order valence-electron chi connectivity index (χ1n) is 11.4. The number of carbonyl (C=O) groups excluding carboxylic acids is 2. The fourth-order valence-electron chi connectivity index (χ4n) is 4.30. The van der Waals surface area contributed by atoms with E-state index < -0.39 is 17.5 Å². The van der Waals surface area contributed by atoms with Gasteiger partial charge in [0.15, 0.2) is 0 Å². The van der Waals surface area contributed by atoms with Crippen molar-refractivity contribution >= 4 is 17.7 Å². The molecule has 2 atom stereocenters. The van der Waals surface area contributed by atoms with E-state index >= 15 is 0 Å². The van der Waals surface area contributed by atoms with Gasteiger partial charge in [-0.25, -0.2) is 14.8 Å². The number of anilines is 1. The Morgan fingerprint density at radius 2 is 1.76 bits per heavy atom. The molecular weight excluding hydrogens is 432 g/mol. The van der Waals surface area contributed by atoms with Crippen LogP contribution in [0.2, 0.25) is 0 Å². The molecule has 176 valence electrons. The third-order valence-corrected chi connectivity index (χ3v) is 6.09. The number of rotatable bonds is 9. The zero-order valence-electron chi connectivity index (χ0n) is 18.8. The number of aromatic nitrogens is 2. The van der Waals surface area contributed by atoms with Crippen molar-refractivity contribution in [1.29, 1.82) is 0 Å². The lowest BCUT2D eigenvalue weighted by molar-refractivity contribution is -0.163. The summed E-state index contributed by atoms with van der Waals surface area (Å²) in [6.07, 6.45) is 5.06. The van der Waals surface area contributed by atoms with Gasteiger partial charge in [0, 0.05) is 12.2 Å². The average molecular weight is 461 g/mol. The smallest absolute Gasteiger partial charge is 0.347 e. The van der Waals surface area contributed by atoms with E-state index in [4.69, 9.17) is 4.74 Å². The van der Waals surface area contributed by atoms with Crippen LogP contribution >= 0.6 is 0 Å². The van der Waals surface area contributed by atoms with Gasteiger partial charge >= 0.3 is 5.97 Å². The van der Waals surface area contributed by atoms with Gasteiger partial charge in [0.1, 0.15) is 12.1 Å². The van der Waals surface area contributed by atoms with Crippen molar-refractivity contribution in [1.82, 2.24) is 15.3 Å². The first-order valence-corrected chi connectivity index (χ1v) is 11.4. The zero-order valence-corrected chi connectivity index (χ0v) is 18.8.